The minimum absolute atomic E-state index is 0.161. The highest BCUT2D eigenvalue weighted by Crippen LogP contribution is 2.15. The lowest BCUT2D eigenvalue weighted by Gasteiger charge is -2.21. The molecular formula is C12H21N3O2. The Morgan fingerprint density at radius 2 is 2.12 bits per heavy atom. The van der Waals surface area contributed by atoms with Gasteiger partial charge < -0.3 is 10.1 Å². The van der Waals surface area contributed by atoms with Crippen LogP contribution in [-0.2, 0) is 11.8 Å². The van der Waals surface area contributed by atoms with E-state index in [1.165, 1.54) is 0 Å². The molecule has 1 amide bonds. The summed E-state index contributed by atoms with van der Waals surface area (Å²) in [7, 11) is 1.86. The van der Waals surface area contributed by atoms with Gasteiger partial charge in [-0.1, -0.05) is 0 Å². The van der Waals surface area contributed by atoms with E-state index in [0.717, 1.165) is 11.3 Å². The van der Waals surface area contributed by atoms with Gasteiger partial charge in [0, 0.05) is 13.2 Å². The number of nitrogens with zero attached hydrogens (tertiary/aromatic N) is 2. The first-order chi connectivity index (χ1) is 7.69. The Morgan fingerprint density at radius 1 is 1.53 bits per heavy atom. The highest BCUT2D eigenvalue weighted by Gasteiger charge is 2.20. The maximum Gasteiger partial charge on any atom is 0.408 e. The number of alkyl carbamates (subject to hydrolysis) is 1. The van der Waals surface area contributed by atoms with Gasteiger partial charge in [0.15, 0.2) is 0 Å². The lowest BCUT2D eigenvalue weighted by Crippen LogP contribution is -2.34. The SMILES string of the molecule is Cc1cn(C)nc1[C@H](C)NC(=O)OC(C)(C)C. The predicted molar refractivity (Wildman–Crippen MR) is 65.7 cm³/mol. The van der Waals surface area contributed by atoms with Crippen LogP contribution in [0.15, 0.2) is 6.20 Å². The van der Waals surface area contributed by atoms with E-state index in [1.54, 1.807) is 4.68 Å². The number of rotatable bonds is 2. The molecule has 1 N–H and O–H groups in total. The lowest BCUT2D eigenvalue weighted by atomic mass is 10.1. The molecule has 0 saturated carbocycles. The monoisotopic (exact) mass is 239 g/mol. The number of ether oxygens (including phenoxy) is 1. The Balaban J connectivity index is 2.64. The van der Waals surface area contributed by atoms with E-state index < -0.39 is 11.7 Å². The van der Waals surface area contributed by atoms with E-state index >= 15 is 0 Å². The first kappa shape index (κ1) is 13.5. The van der Waals surface area contributed by atoms with E-state index in [0.29, 0.717) is 0 Å². The van der Waals surface area contributed by atoms with Crippen LogP contribution < -0.4 is 5.32 Å². The third-order valence-electron chi connectivity index (χ3n) is 2.19. The van der Waals surface area contributed by atoms with Gasteiger partial charge in [-0.3, -0.25) is 4.68 Å². The molecular weight excluding hydrogens is 218 g/mol. The van der Waals surface area contributed by atoms with Crippen LogP contribution in [0, 0.1) is 6.92 Å². The Bertz CT molecular complexity index is 404. The fourth-order valence-corrected chi connectivity index (χ4v) is 1.60. The average molecular weight is 239 g/mol. The summed E-state index contributed by atoms with van der Waals surface area (Å²) in [6, 6.07) is -0.161. The summed E-state index contributed by atoms with van der Waals surface area (Å²) in [5, 5.41) is 7.08. The Hall–Kier alpha value is -1.52. The van der Waals surface area contributed by atoms with Gasteiger partial charge in [0.1, 0.15) is 5.60 Å². The maximum atomic E-state index is 11.6. The van der Waals surface area contributed by atoms with Crippen molar-refractivity contribution in [2.24, 2.45) is 7.05 Å². The summed E-state index contributed by atoms with van der Waals surface area (Å²) in [4.78, 5) is 11.6. The smallest absolute Gasteiger partial charge is 0.408 e. The zero-order valence-corrected chi connectivity index (χ0v) is 11.4. The van der Waals surface area contributed by atoms with Crippen molar-refractivity contribution in [3.63, 3.8) is 0 Å². The number of carbonyl (C=O) groups is 1. The summed E-state index contributed by atoms with van der Waals surface area (Å²) in [6.45, 7) is 9.37. The summed E-state index contributed by atoms with van der Waals surface area (Å²) in [6.07, 6.45) is 1.50. The van der Waals surface area contributed by atoms with Crippen LogP contribution in [0.4, 0.5) is 4.79 Å². The molecule has 0 saturated heterocycles. The van der Waals surface area contributed by atoms with Crippen molar-refractivity contribution < 1.29 is 9.53 Å². The molecule has 17 heavy (non-hydrogen) atoms. The minimum atomic E-state index is -0.483. The number of hydrogen-bond donors (Lipinski definition) is 1. The second-order valence-corrected chi connectivity index (χ2v) is 5.24. The molecule has 0 radical (unpaired) electrons. The van der Waals surface area contributed by atoms with Crippen molar-refractivity contribution >= 4 is 6.09 Å². The summed E-state index contributed by atoms with van der Waals surface area (Å²) in [5.74, 6) is 0. The number of aromatic nitrogens is 2. The van der Waals surface area contributed by atoms with Gasteiger partial charge in [-0.15, -0.1) is 0 Å². The topological polar surface area (TPSA) is 56.2 Å². The van der Waals surface area contributed by atoms with E-state index in [-0.39, 0.29) is 6.04 Å². The van der Waals surface area contributed by atoms with Gasteiger partial charge in [0.2, 0.25) is 0 Å². The normalized spacial score (nSPS) is 13.3. The van der Waals surface area contributed by atoms with Crippen LogP contribution >= 0.6 is 0 Å². The van der Waals surface area contributed by atoms with Crippen molar-refractivity contribution in [3.8, 4) is 0 Å². The maximum absolute atomic E-state index is 11.6. The molecule has 0 aromatic carbocycles. The van der Waals surface area contributed by atoms with Gasteiger partial charge in [-0.2, -0.15) is 5.10 Å². The quantitative estimate of drug-likeness (QED) is 0.861. The molecule has 0 fully saturated rings. The Labute approximate surface area is 102 Å². The molecule has 0 spiro atoms. The van der Waals surface area contributed by atoms with Crippen LogP contribution in [-0.4, -0.2) is 21.5 Å². The molecule has 1 heterocycles. The zero-order chi connectivity index (χ0) is 13.2. The first-order valence-electron chi connectivity index (χ1n) is 5.68. The molecule has 0 unspecified atom stereocenters. The predicted octanol–water partition coefficient (Wildman–Crippen LogP) is 2.31. The van der Waals surface area contributed by atoms with Crippen LogP contribution in [0.2, 0.25) is 0 Å². The molecule has 0 aliphatic heterocycles. The van der Waals surface area contributed by atoms with Crippen LogP contribution in [0.25, 0.3) is 0 Å². The average Bonchev–Trinajstić information content (AvgIpc) is 2.41. The highest BCUT2D eigenvalue weighted by molar-refractivity contribution is 5.68. The number of amides is 1. The molecule has 1 atom stereocenters. The standard InChI is InChI=1S/C12H21N3O2/c1-8-7-15(6)14-10(8)9(2)13-11(16)17-12(3,4)5/h7,9H,1-6H3,(H,13,16)/t9-/m0/s1. The summed E-state index contributed by atoms with van der Waals surface area (Å²) < 4.78 is 6.93. The van der Waals surface area contributed by atoms with Crippen molar-refractivity contribution in [2.45, 2.75) is 46.3 Å². The molecule has 96 valence electrons. The Morgan fingerprint density at radius 3 is 2.53 bits per heavy atom. The number of aryl methyl sites for hydroxylation is 2. The largest absolute Gasteiger partial charge is 0.444 e. The Kier molecular flexibility index (Phi) is 3.80. The molecule has 1 aromatic rings. The molecule has 1 rings (SSSR count). The third kappa shape index (κ3) is 4.09. The van der Waals surface area contributed by atoms with Crippen LogP contribution in [0.3, 0.4) is 0 Å². The first-order valence-corrected chi connectivity index (χ1v) is 5.68. The molecule has 1 aromatic heterocycles. The molecule has 0 aliphatic rings. The van der Waals surface area contributed by atoms with Crippen molar-refractivity contribution in [2.75, 3.05) is 0 Å². The number of nitrogens with one attached hydrogen (secondary N) is 1. The summed E-state index contributed by atoms with van der Waals surface area (Å²) >= 11 is 0. The van der Waals surface area contributed by atoms with Gasteiger partial charge >= 0.3 is 6.09 Å². The lowest BCUT2D eigenvalue weighted by molar-refractivity contribution is 0.0506. The van der Waals surface area contributed by atoms with Crippen LogP contribution in [0.5, 0.6) is 0 Å². The van der Waals surface area contributed by atoms with Gasteiger partial charge in [-0.25, -0.2) is 4.79 Å². The molecule has 0 aliphatic carbocycles. The van der Waals surface area contributed by atoms with Crippen molar-refractivity contribution in [1.29, 1.82) is 0 Å². The van der Waals surface area contributed by atoms with Crippen molar-refractivity contribution in [1.82, 2.24) is 15.1 Å². The van der Waals surface area contributed by atoms with E-state index in [4.69, 9.17) is 4.74 Å². The minimum Gasteiger partial charge on any atom is -0.444 e. The molecule has 0 bridgehead atoms. The summed E-state index contributed by atoms with van der Waals surface area (Å²) in [5.41, 5.74) is 1.43. The van der Waals surface area contributed by atoms with Crippen LogP contribution in [0.1, 0.15) is 45.0 Å². The van der Waals surface area contributed by atoms with E-state index in [9.17, 15) is 4.79 Å². The third-order valence-corrected chi connectivity index (χ3v) is 2.19. The molecule has 5 nitrogen and oxygen atoms in total. The fourth-order valence-electron chi connectivity index (χ4n) is 1.60. The molecule has 5 heteroatoms. The highest BCUT2D eigenvalue weighted by atomic mass is 16.6. The van der Waals surface area contributed by atoms with Gasteiger partial charge in [0.05, 0.1) is 11.7 Å². The number of carbonyl (C=O) groups excluding carboxylic acids is 1. The van der Waals surface area contributed by atoms with Gasteiger partial charge in [-0.05, 0) is 40.2 Å². The van der Waals surface area contributed by atoms with E-state index in [1.807, 2.05) is 47.9 Å². The van der Waals surface area contributed by atoms with E-state index in [2.05, 4.69) is 10.4 Å². The van der Waals surface area contributed by atoms with Gasteiger partial charge in [0.25, 0.3) is 0 Å². The van der Waals surface area contributed by atoms with Crippen molar-refractivity contribution in [3.05, 3.63) is 17.5 Å². The zero-order valence-electron chi connectivity index (χ0n) is 11.4. The second kappa shape index (κ2) is 4.77. The number of hydrogen-bond acceptors (Lipinski definition) is 3. The second-order valence-electron chi connectivity index (χ2n) is 5.24. The fraction of sp³-hybridized carbons (Fsp3) is 0.667.